The van der Waals surface area contributed by atoms with Gasteiger partial charge < -0.3 is 4.74 Å². The molecule has 0 aliphatic rings. The Bertz CT molecular complexity index is 749. The molecule has 0 spiro atoms. The molecule has 0 bridgehead atoms. The van der Waals surface area contributed by atoms with Gasteiger partial charge in [-0.15, -0.1) is 0 Å². The van der Waals surface area contributed by atoms with E-state index < -0.39 is 6.10 Å². The third kappa shape index (κ3) is 4.69. The smallest absolute Gasteiger partial charge is 0.280 e. The van der Waals surface area contributed by atoms with E-state index in [0.29, 0.717) is 5.75 Å². The molecule has 0 fully saturated rings. The molecule has 1 amide bonds. The van der Waals surface area contributed by atoms with Gasteiger partial charge >= 0.3 is 0 Å². The van der Waals surface area contributed by atoms with Crippen LogP contribution in [-0.4, -0.2) is 17.7 Å². The van der Waals surface area contributed by atoms with Gasteiger partial charge in [0, 0.05) is 0 Å². The van der Waals surface area contributed by atoms with E-state index in [-0.39, 0.29) is 5.91 Å². The van der Waals surface area contributed by atoms with Crippen molar-refractivity contribution < 1.29 is 9.53 Å². The first kappa shape index (κ1) is 17.7. The minimum atomic E-state index is -0.623. The van der Waals surface area contributed by atoms with Gasteiger partial charge in [0.2, 0.25) is 0 Å². The van der Waals surface area contributed by atoms with Crippen molar-refractivity contribution in [2.24, 2.45) is 5.10 Å². The van der Waals surface area contributed by atoms with Gasteiger partial charge in [0.15, 0.2) is 6.10 Å². The van der Waals surface area contributed by atoms with Gasteiger partial charge in [-0.1, -0.05) is 35.9 Å². The maximum absolute atomic E-state index is 12.1. The summed E-state index contributed by atoms with van der Waals surface area (Å²) in [5.41, 5.74) is 7.80. The Morgan fingerprint density at radius 2 is 1.71 bits per heavy atom. The van der Waals surface area contributed by atoms with Gasteiger partial charge in [-0.3, -0.25) is 4.79 Å². The van der Waals surface area contributed by atoms with Crippen LogP contribution in [0.5, 0.6) is 5.75 Å². The highest BCUT2D eigenvalue weighted by Crippen LogP contribution is 2.17. The molecule has 0 heterocycles. The van der Waals surface area contributed by atoms with E-state index in [1.165, 1.54) is 11.1 Å². The Morgan fingerprint density at radius 3 is 2.33 bits per heavy atom. The molecule has 1 atom stereocenters. The number of carbonyl (C=O) groups is 1. The van der Waals surface area contributed by atoms with Crippen LogP contribution in [-0.2, 0) is 4.79 Å². The zero-order chi connectivity index (χ0) is 17.7. The first-order chi connectivity index (χ1) is 11.4. The lowest BCUT2D eigenvalue weighted by molar-refractivity contribution is -0.127. The monoisotopic (exact) mass is 324 g/mol. The van der Waals surface area contributed by atoms with Crippen LogP contribution in [0.4, 0.5) is 0 Å². The van der Waals surface area contributed by atoms with Gasteiger partial charge in [0.1, 0.15) is 5.75 Å². The topological polar surface area (TPSA) is 50.7 Å². The number of hydrogen-bond acceptors (Lipinski definition) is 3. The third-order valence-corrected chi connectivity index (χ3v) is 3.96. The average Bonchev–Trinajstić information content (AvgIpc) is 2.56. The molecule has 24 heavy (non-hydrogen) atoms. The fourth-order valence-corrected chi connectivity index (χ4v) is 2.13. The zero-order valence-electron chi connectivity index (χ0n) is 14.9. The average molecular weight is 324 g/mol. The Hall–Kier alpha value is -2.62. The summed E-state index contributed by atoms with van der Waals surface area (Å²) < 4.78 is 5.68. The summed E-state index contributed by atoms with van der Waals surface area (Å²) in [5.74, 6) is 0.402. The Labute approximate surface area is 143 Å². The maximum Gasteiger partial charge on any atom is 0.280 e. The molecule has 0 saturated heterocycles. The second-order valence-electron chi connectivity index (χ2n) is 6.05. The number of ether oxygens (including phenoxy) is 1. The molecular formula is C20H24N2O2. The zero-order valence-corrected chi connectivity index (χ0v) is 14.9. The molecule has 126 valence electrons. The lowest BCUT2D eigenvalue weighted by Gasteiger charge is -2.14. The summed E-state index contributed by atoms with van der Waals surface area (Å²) >= 11 is 0. The molecule has 2 aromatic rings. The van der Waals surface area contributed by atoms with Crippen molar-refractivity contribution in [3.8, 4) is 5.75 Å². The number of hydrazone groups is 1. The largest absolute Gasteiger partial charge is 0.481 e. The van der Waals surface area contributed by atoms with Crippen molar-refractivity contribution >= 4 is 11.6 Å². The third-order valence-electron chi connectivity index (χ3n) is 3.96. The van der Waals surface area contributed by atoms with Gasteiger partial charge in [-0.05, 0) is 63.4 Å². The predicted octanol–water partition coefficient (Wildman–Crippen LogP) is 3.92. The molecule has 1 unspecified atom stereocenters. The number of rotatable bonds is 5. The van der Waals surface area contributed by atoms with Crippen molar-refractivity contribution in [2.45, 2.75) is 40.7 Å². The van der Waals surface area contributed by atoms with E-state index in [4.69, 9.17) is 4.74 Å². The van der Waals surface area contributed by atoms with Crippen LogP contribution in [0.3, 0.4) is 0 Å². The van der Waals surface area contributed by atoms with Crippen molar-refractivity contribution in [1.82, 2.24) is 5.43 Å². The first-order valence-corrected chi connectivity index (χ1v) is 8.02. The minimum Gasteiger partial charge on any atom is -0.481 e. The van der Waals surface area contributed by atoms with Crippen molar-refractivity contribution in [1.29, 1.82) is 0 Å². The molecule has 0 saturated carbocycles. The summed E-state index contributed by atoms with van der Waals surface area (Å²) in [4.78, 5) is 12.1. The molecule has 0 radical (unpaired) electrons. The van der Waals surface area contributed by atoms with Gasteiger partial charge in [0.05, 0.1) is 5.71 Å². The number of aryl methyl sites for hydroxylation is 3. The van der Waals surface area contributed by atoms with E-state index >= 15 is 0 Å². The lowest BCUT2D eigenvalue weighted by Crippen LogP contribution is -2.34. The van der Waals surface area contributed by atoms with Gasteiger partial charge in [-0.2, -0.15) is 5.10 Å². The Kier molecular flexibility index (Phi) is 5.74. The van der Waals surface area contributed by atoms with Crippen LogP contribution in [0.1, 0.15) is 36.1 Å². The molecule has 4 nitrogen and oxygen atoms in total. The molecule has 0 aliphatic heterocycles. The Morgan fingerprint density at radius 1 is 1.04 bits per heavy atom. The number of carbonyl (C=O) groups excluding carboxylic acids is 1. The van der Waals surface area contributed by atoms with E-state index in [0.717, 1.165) is 16.8 Å². The lowest BCUT2D eigenvalue weighted by atomic mass is 10.1. The first-order valence-electron chi connectivity index (χ1n) is 8.02. The van der Waals surface area contributed by atoms with Crippen LogP contribution in [0.25, 0.3) is 0 Å². The minimum absolute atomic E-state index is 0.278. The predicted molar refractivity (Wildman–Crippen MR) is 97.5 cm³/mol. The van der Waals surface area contributed by atoms with Crippen LogP contribution in [0, 0.1) is 20.8 Å². The molecule has 0 aliphatic carbocycles. The summed E-state index contributed by atoms with van der Waals surface area (Å²) in [7, 11) is 0. The van der Waals surface area contributed by atoms with E-state index in [1.54, 1.807) is 6.92 Å². The summed E-state index contributed by atoms with van der Waals surface area (Å²) in [6.07, 6.45) is -0.623. The van der Waals surface area contributed by atoms with E-state index in [1.807, 2.05) is 70.2 Å². The van der Waals surface area contributed by atoms with Crippen LogP contribution < -0.4 is 10.2 Å². The highest BCUT2D eigenvalue weighted by molar-refractivity contribution is 5.99. The van der Waals surface area contributed by atoms with Crippen LogP contribution in [0.2, 0.25) is 0 Å². The Balaban J connectivity index is 1.96. The highest BCUT2D eigenvalue weighted by atomic mass is 16.5. The SMILES string of the molecule is C/C(=N\NC(=O)C(C)Oc1ccc(C)c(C)c1)c1ccc(C)cc1. The second kappa shape index (κ2) is 7.77. The second-order valence-corrected chi connectivity index (χ2v) is 6.05. The summed E-state index contributed by atoms with van der Waals surface area (Å²) in [5, 5.41) is 4.16. The molecule has 4 heteroatoms. The number of hydrogen-bond donors (Lipinski definition) is 1. The van der Waals surface area contributed by atoms with Crippen molar-refractivity contribution in [3.05, 3.63) is 64.7 Å². The van der Waals surface area contributed by atoms with Crippen molar-refractivity contribution in [3.63, 3.8) is 0 Å². The molecule has 2 rings (SSSR count). The quantitative estimate of drug-likeness (QED) is 0.669. The number of benzene rings is 2. The van der Waals surface area contributed by atoms with Gasteiger partial charge in [-0.25, -0.2) is 5.43 Å². The highest BCUT2D eigenvalue weighted by Gasteiger charge is 2.14. The van der Waals surface area contributed by atoms with E-state index in [2.05, 4.69) is 10.5 Å². The molecule has 1 N–H and O–H groups in total. The maximum atomic E-state index is 12.1. The number of nitrogens with one attached hydrogen (secondary N) is 1. The molecular weight excluding hydrogens is 300 g/mol. The van der Waals surface area contributed by atoms with Crippen LogP contribution >= 0.6 is 0 Å². The fourth-order valence-electron chi connectivity index (χ4n) is 2.13. The normalized spacial score (nSPS) is 12.6. The summed E-state index contributed by atoms with van der Waals surface area (Å²) in [6.45, 7) is 9.66. The number of nitrogens with zero attached hydrogens (tertiary/aromatic N) is 1. The summed E-state index contributed by atoms with van der Waals surface area (Å²) in [6, 6.07) is 13.8. The van der Waals surface area contributed by atoms with Crippen molar-refractivity contribution in [2.75, 3.05) is 0 Å². The van der Waals surface area contributed by atoms with E-state index in [9.17, 15) is 4.79 Å². The van der Waals surface area contributed by atoms with Gasteiger partial charge in [0.25, 0.3) is 5.91 Å². The fraction of sp³-hybridized carbons (Fsp3) is 0.300. The standard InChI is InChI=1S/C20H24N2O2/c1-13-6-9-18(10-7-13)16(4)21-22-20(23)17(5)24-19-11-8-14(2)15(3)12-19/h6-12,17H,1-5H3,(H,22,23)/b21-16+. The molecule has 2 aromatic carbocycles. The molecule has 0 aromatic heterocycles. The van der Waals surface area contributed by atoms with Crippen LogP contribution in [0.15, 0.2) is 47.6 Å². The number of amides is 1.